The van der Waals surface area contributed by atoms with Crippen molar-refractivity contribution in [1.82, 2.24) is 4.72 Å². The third-order valence-corrected chi connectivity index (χ3v) is 4.59. The lowest BCUT2D eigenvalue weighted by Gasteiger charge is -2.16. The van der Waals surface area contributed by atoms with E-state index in [-0.39, 0.29) is 11.4 Å². The normalized spacial score (nSPS) is 14.3. The van der Waals surface area contributed by atoms with E-state index in [2.05, 4.69) is 4.72 Å². The highest BCUT2D eigenvalue weighted by atomic mass is 35.5. The average molecular weight is 332 g/mol. The molecule has 1 atom stereocenters. The molecule has 0 radical (unpaired) electrons. The predicted molar refractivity (Wildman–Crippen MR) is 67.9 cm³/mol. The molecule has 1 aromatic rings. The maximum Gasteiger partial charge on any atom is 0.416 e. The van der Waals surface area contributed by atoms with Gasteiger partial charge in [0, 0.05) is 6.04 Å². The molecule has 0 spiro atoms. The van der Waals surface area contributed by atoms with Gasteiger partial charge in [0.05, 0.1) is 17.2 Å². The summed E-state index contributed by atoms with van der Waals surface area (Å²) in [4.78, 5) is -0.666. The summed E-state index contributed by atoms with van der Waals surface area (Å²) in [5.74, 6) is 0. The number of benzene rings is 1. The van der Waals surface area contributed by atoms with E-state index in [4.69, 9.17) is 16.7 Å². The van der Waals surface area contributed by atoms with Gasteiger partial charge in [-0.3, -0.25) is 0 Å². The Bertz CT molecular complexity index is 571. The minimum Gasteiger partial charge on any atom is -0.395 e. The van der Waals surface area contributed by atoms with Crippen molar-refractivity contribution >= 4 is 21.6 Å². The van der Waals surface area contributed by atoms with E-state index in [1.165, 1.54) is 0 Å². The van der Waals surface area contributed by atoms with Crippen molar-refractivity contribution in [2.24, 2.45) is 0 Å². The lowest BCUT2D eigenvalue weighted by Crippen LogP contribution is -2.37. The van der Waals surface area contributed by atoms with Crippen LogP contribution in [0.2, 0.25) is 5.02 Å². The first-order valence-electron chi connectivity index (χ1n) is 5.61. The van der Waals surface area contributed by atoms with Gasteiger partial charge in [-0.25, -0.2) is 13.1 Å². The van der Waals surface area contributed by atoms with E-state index in [0.717, 1.165) is 6.07 Å². The molecule has 0 aliphatic heterocycles. The van der Waals surface area contributed by atoms with Gasteiger partial charge in [0.25, 0.3) is 0 Å². The summed E-state index contributed by atoms with van der Waals surface area (Å²) < 4.78 is 63.8. The molecule has 0 heterocycles. The van der Waals surface area contributed by atoms with Crippen LogP contribution in [0.15, 0.2) is 23.1 Å². The molecule has 0 aliphatic rings. The summed E-state index contributed by atoms with van der Waals surface area (Å²) in [6, 6.07) is 1.25. The summed E-state index contributed by atoms with van der Waals surface area (Å²) in [6.45, 7) is 1.16. The van der Waals surface area contributed by atoms with Gasteiger partial charge < -0.3 is 5.11 Å². The summed E-state index contributed by atoms with van der Waals surface area (Å²) >= 11 is 5.65. The fourth-order valence-corrected chi connectivity index (χ4v) is 3.25. The van der Waals surface area contributed by atoms with E-state index < -0.39 is 39.3 Å². The van der Waals surface area contributed by atoms with Crippen LogP contribution in [0, 0.1) is 0 Å². The topological polar surface area (TPSA) is 66.4 Å². The van der Waals surface area contributed by atoms with Crippen molar-refractivity contribution in [2.45, 2.75) is 30.5 Å². The Hall–Kier alpha value is -0.830. The molecule has 2 N–H and O–H groups in total. The third-order valence-electron chi connectivity index (χ3n) is 2.58. The van der Waals surface area contributed by atoms with Gasteiger partial charge >= 0.3 is 6.18 Å². The number of sulfonamides is 1. The second kappa shape index (κ2) is 6.30. The van der Waals surface area contributed by atoms with Gasteiger partial charge in [-0.05, 0) is 24.6 Å². The molecule has 0 aliphatic carbocycles. The Balaban J connectivity index is 3.24. The van der Waals surface area contributed by atoms with Crippen molar-refractivity contribution in [3.05, 3.63) is 28.8 Å². The van der Waals surface area contributed by atoms with Crippen LogP contribution in [0.3, 0.4) is 0 Å². The Morgan fingerprint density at radius 3 is 2.45 bits per heavy atom. The zero-order chi connectivity index (χ0) is 15.6. The highest BCUT2D eigenvalue weighted by Gasteiger charge is 2.33. The van der Waals surface area contributed by atoms with Crippen LogP contribution in [0.4, 0.5) is 13.2 Å². The monoisotopic (exact) mass is 331 g/mol. The molecule has 0 aromatic heterocycles. The lowest BCUT2D eigenvalue weighted by molar-refractivity contribution is -0.137. The molecule has 0 saturated heterocycles. The van der Waals surface area contributed by atoms with E-state index >= 15 is 0 Å². The van der Waals surface area contributed by atoms with Crippen LogP contribution < -0.4 is 4.72 Å². The Morgan fingerprint density at radius 2 is 2.00 bits per heavy atom. The number of hydrogen-bond acceptors (Lipinski definition) is 3. The maximum atomic E-state index is 12.6. The second-order valence-corrected chi connectivity index (χ2v) is 6.14. The van der Waals surface area contributed by atoms with Crippen molar-refractivity contribution in [3.63, 3.8) is 0 Å². The molecule has 1 rings (SSSR count). The number of alkyl halides is 3. The van der Waals surface area contributed by atoms with Crippen LogP contribution in [0.5, 0.6) is 0 Å². The first-order valence-corrected chi connectivity index (χ1v) is 7.48. The number of hydrogen-bond donors (Lipinski definition) is 2. The average Bonchev–Trinajstić information content (AvgIpc) is 2.34. The third kappa shape index (κ3) is 4.08. The van der Waals surface area contributed by atoms with Crippen LogP contribution in [0.1, 0.15) is 18.9 Å². The van der Waals surface area contributed by atoms with E-state index in [0.29, 0.717) is 12.1 Å². The zero-order valence-corrected chi connectivity index (χ0v) is 12.0. The molecule has 9 heteroatoms. The Kier molecular flexibility index (Phi) is 5.42. The number of rotatable bonds is 5. The molecular weight excluding hydrogens is 319 g/mol. The summed E-state index contributed by atoms with van der Waals surface area (Å²) in [6.07, 6.45) is -4.39. The number of halogens is 4. The van der Waals surface area contributed by atoms with Gasteiger partial charge in [0.15, 0.2) is 0 Å². The van der Waals surface area contributed by atoms with Gasteiger partial charge in [-0.2, -0.15) is 13.2 Å². The van der Waals surface area contributed by atoms with E-state index in [1.807, 2.05) is 0 Å². The fraction of sp³-hybridized carbons (Fsp3) is 0.455. The maximum absolute atomic E-state index is 12.6. The van der Waals surface area contributed by atoms with Crippen LogP contribution in [-0.4, -0.2) is 26.2 Å². The molecule has 0 saturated carbocycles. The number of nitrogens with one attached hydrogen (secondary N) is 1. The quantitative estimate of drug-likeness (QED) is 0.870. The lowest BCUT2D eigenvalue weighted by atomic mass is 10.2. The van der Waals surface area contributed by atoms with Crippen LogP contribution >= 0.6 is 11.6 Å². The van der Waals surface area contributed by atoms with Crippen molar-refractivity contribution in [2.75, 3.05) is 6.61 Å². The minimum atomic E-state index is -4.67. The molecule has 20 heavy (non-hydrogen) atoms. The standard InChI is InChI=1S/C11H13ClF3NO3S/c1-2-8(6-17)16-20(18,19)10-5-7(11(13,14)15)3-4-9(10)12/h3-5,8,16-17H,2,6H2,1H3/t8-/m0/s1. The fourth-order valence-electron chi connectivity index (χ4n) is 1.42. The van der Waals surface area contributed by atoms with Crippen molar-refractivity contribution in [3.8, 4) is 0 Å². The molecule has 0 unspecified atom stereocenters. The van der Waals surface area contributed by atoms with Crippen molar-refractivity contribution < 1.29 is 26.7 Å². The number of aliphatic hydroxyl groups excluding tert-OH is 1. The molecule has 1 aromatic carbocycles. The van der Waals surface area contributed by atoms with Crippen LogP contribution in [-0.2, 0) is 16.2 Å². The molecule has 0 bridgehead atoms. The molecule has 0 fully saturated rings. The SMILES string of the molecule is CC[C@@H](CO)NS(=O)(=O)c1cc(C(F)(F)F)ccc1Cl. The summed E-state index contributed by atoms with van der Waals surface area (Å²) in [5.41, 5.74) is -1.11. The van der Waals surface area contributed by atoms with Crippen LogP contribution in [0.25, 0.3) is 0 Å². The smallest absolute Gasteiger partial charge is 0.395 e. The number of aliphatic hydroxyl groups is 1. The predicted octanol–water partition coefficient (Wildman–Crippen LogP) is 2.41. The molecular formula is C11H13ClF3NO3S. The van der Waals surface area contributed by atoms with Gasteiger partial charge in [0.1, 0.15) is 4.90 Å². The first-order chi connectivity index (χ1) is 9.11. The summed E-state index contributed by atoms with van der Waals surface area (Å²) in [5, 5.41) is 8.63. The van der Waals surface area contributed by atoms with E-state index in [1.54, 1.807) is 6.92 Å². The van der Waals surface area contributed by atoms with Gasteiger partial charge in [-0.15, -0.1) is 0 Å². The van der Waals surface area contributed by atoms with E-state index in [9.17, 15) is 21.6 Å². The first kappa shape index (κ1) is 17.2. The Labute approximate surface area is 119 Å². The molecule has 4 nitrogen and oxygen atoms in total. The van der Waals surface area contributed by atoms with Gasteiger partial charge in [-0.1, -0.05) is 18.5 Å². The second-order valence-electron chi connectivity index (χ2n) is 4.05. The van der Waals surface area contributed by atoms with Crippen molar-refractivity contribution in [1.29, 1.82) is 0 Å². The minimum absolute atomic E-state index is 0.284. The molecule has 0 amide bonds. The van der Waals surface area contributed by atoms with Gasteiger partial charge in [0.2, 0.25) is 10.0 Å². The highest BCUT2D eigenvalue weighted by molar-refractivity contribution is 7.89. The molecule has 114 valence electrons. The summed E-state index contributed by atoms with van der Waals surface area (Å²) in [7, 11) is -4.24. The largest absolute Gasteiger partial charge is 0.416 e. The zero-order valence-electron chi connectivity index (χ0n) is 10.4. The highest BCUT2D eigenvalue weighted by Crippen LogP contribution is 2.33. The Morgan fingerprint density at radius 1 is 1.40 bits per heavy atom.